The van der Waals surface area contributed by atoms with E-state index in [2.05, 4.69) is 12.2 Å². The molecule has 1 rings (SSSR count). The first-order valence-corrected chi connectivity index (χ1v) is 6.16. The third-order valence-electron chi connectivity index (χ3n) is 2.58. The van der Waals surface area contributed by atoms with Crippen LogP contribution in [0.4, 0.5) is 11.4 Å². The second kappa shape index (κ2) is 7.55. The molecule has 0 fully saturated rings. The molecule has 5 heteroatoms. The SMILES string of the molecule is CCCCOCCNc1cccc(C(N)=O)c1N. The maximum atomic E-state index is 11.1. The number of amides is 1. The lowest BCUT2D eigenvalue weighted by Gasteiger charge is -2.11. The second-order valence-electron chi connectivity index (χ2n) is 4.02. The molecule has 0 aliphatic carbocycles. The average Bonchev–Trinajstić information content (AvgIpc) is 2.35. The summed E-state index contributed by atoms with van der Waals surface area (Å²) in [6.45, 7) is 4.16. The lowest BCUT2D eigenvalue weighted by atomic mass is 10.1. The summed E-state index contributed by atoms with van der Waals surface area (Å²) in [5.74, 6) is -0.518. The lowest BCUT2D eigenvalue weighted by Crippen LogP contribution is -2.16. The van der Waals surface area contributed by atoms with E-state index in [0.717, 1.165) is 19.4 Å². The summed E-state index contributed by atoms with van der Waals surface area (Å²) in [5, 5.41) is 3.13. The number of hydrogen-bond donors (Lipinski definition) is 3. The Morgan fingerprint density at radius 3 is 2.83 bits per heavy atom. The van der Waals surface area contributed by atoms with Crippen molar-refractivity contribution in [3.05, 3.63) is 23.8 Å². The van der Waals surface area contributed by atoms with Gasteiger partial charge in [-0.2, -0.15) is 0 Å². The first kappa shape index (κ1) is 14.3. The van der Waals surface area contributed by atoms with Gasteiger partial charge in [-0.25, -0.2) is 0 Å². The van der Waals surface area contributed by atoms with E-state index in [0.29, 0.717) is 30.1 Å². The van der Waals surface area contributed by atoms with E-state index < -0.39 is 5.91 Å². The predicted octanol–water partition coefficient (Wildman–Crippen LogP) is 1.60. The van der Waals surface area contributed by atoms with Crippen LogP contribution < -0.4 is 16.8 Å². The maximum Gasteiger partial charge on any atom is 0.250 e. The van der Waals surface area contributed by atoms with Crippen molar-refractivity contribution >= 4 is 17.3 Å². The molecule has 0 unspecified atom stereocenters. The number of ether oxygens (including phenoxy) is 1. The minimum absolute atomic E-state index is 0.340. The number of nitrogens with one attached hydrogen (secondary N) is 1. The number of benzene rings is 1. The minimum atomic E-state index is -0.518. The molecule has 5 nitrogen and oxygen atoms in total. The topological polar surface area (TPSA) is 90.4 Å². The normalized spacial score (nSPS) is 10.3. The molecule has 0 atom stereocenters. The van der Waals surface area contributed by atoms with Gasteiger partial charge in [-0.05, 0) is 18.6 Å². The minimum Gasteiger partial charge on any atom is -0.396 e. The van der Waals surface area contributed by atoms with Crippen LogP contribution in [0.25, 0.3) is 0 Å². The van der Waals surface area contributed by atoms with Gasteiger partial charge in [-0.1, -0.05) is 19.4 Å². The van der Waals surface area contributed by atoms with Gasteiger partial charge in [0.1, 0.15) is 0 Å². The fraction of sp³-hybridized carbons (Fsp3) is 0.462. The van der Waals surface area contributed by atoms with Crippen molar-refractivity contribution in [3.63, 3.8) is 0 Å². The van der Waals surface area contributed by atoms with Crippen LogP contribution in [0.1, 0.15) is 30.1 Å². The standard InChI is InChI=1S/C13H21N3O2/c1-2-3-8-18-9-7-16-11-6-4-5-10(12(11)14)13(15)17/h4-6,16H,2-3,7-9,14H2,1H3,(H2,15,17). The highest BCUT2D eigenvalue weighted by Crippen LogP contribution is 2.21. The molecule has 18 heavy (non-hydrogen) atoms. The number of rotatable bonds is 8. The molecule has 0 aliphatic rings. The van der Waals surface area contributed by atoms with E-state index in [1.54, 1.807) is 12.1 Å². The number of carbonyl (C=O) groups excluding carboxylic acids is 1. The van der Waals surface area contributed by atoms with Gasteiger partial charge in [0.25, 0.3) is 5.91 Å². The van der Waals surface area contributed by atoms with Crippen LogP contribution in [-0.2, 0) is 4.74 Å². The highest BCUT2D eigenvalue weighted by Gasteiger charge is 2.08. The quantitative estimate of drug-likeness (QED) is 0.483. The van der Waals surface area contributed by atoms with Gasteiger partial charge in [-0.3, -0.25) is 4.79 Å². The van der Waals surface area contributed by atoms with Gasteiger partial charge >= 0.3 is 0 Å². The maximum absolute atomic E-state index is 11.1. The van der Waals surface area contributed by atoms with Crippen molar-refractivity contribution in [2.24, 2.45) is 5.73 Å². The number of primary amides is 1. The molecule has 0 radical (unpaired) electrons. The molecule has 0 bridgehead atoms. The smallest absolute Gasteiger partial charge is 0.250 e. The van der Waals surface area contributed by atoms with Crippen LogP contribution in [0.3, 0.4) is 0 Å². The molecule has 1 amide bonds. The van der Waals surface area contributed by atoms with Crippen LogP contribution in [0.2, 0.25) is 0 Å². The summed E-state index contributed by atoms with van der Waals surface area (Å²) in [7, 11) is 0. The van der Waals surface area contributed by atoms with Crippen molar-refractivity contribution in [2.75, 3.05) is 30.8 Å². The van der Waals surface area contributed by atoms with E-state index in [9.17, 15) is 4.79 Å². The fourth-order valence-electron chi connectivity index (χ4n) is 1.54. The molecule has 5 N–H and O–H groups in total. The molecule has 0 heterocycles. The number of carbonyl (C=O) groups is 1. The van der Waals surface area contributed by atoms with Crippen molar-refractivity contribution in [3.8, 4) is 0 Å². The Morgan fingerprint density at radius 1 is 1.39 bits per heavy atom. The van der Waals surface area contributed by atoms with Gasteiger partial charge in [0, 0.05) is 13.2 Å². The Hall–Kier alpha value is -1.75. The molecule has 1 aromatic rings. The summed E-state index contributed by atoms with van der Waals surface area (Å²) in [6.07, 6.45) is 2.19. The zero-order valence-corrected chi connectivity index (χ0v) is 10.7. The zero-order chi connectivity index (χ0) is 13.4. The first-order valence-electron chi connectivity index (χ1n) is 6.16. The van der Waals surface area contributed by atoms with Gasteiger partial charge < -0.3 is 21.5 Å². The van der Waals surface area contributed by atoms with Crippen LogP contribution in [0.15, 0.2) is 18.2 Å². The van der Waals surface area contributed by atoms with E-state index in [-0.39, 0.29) is 0 Å². The Kier molecular flexibility index (Phi) is 6.00. The van der Waals surface area contributed by atoms with Crippen LogP contribution >= 0.6 is 0 Å². The van der Waals surface area contributed by atoms with E-state index in [1.165, 1.54) is 0 Å². The number of hydrogen-bond acceptors (Lipinski definition) is 4. The molecule has 0 saturated carbocycles. The van der Waals surface area contributed by atoms with Gasteiger partial charge in [-0.15, -0.1) is 0 Å². The first-order chi connectivity index (χ1) is 8.66. The fourth-order valence-corrected chi connectivity index (χ4v) is 1.54. The van der Waals surface area contributed by atoms with Gasteiger partial charge in [0.15, 0.2) is 0 Å². The number of nitrogen functional groups attached to an aromatic ring is 1. The molecule has 0 saturated heterocycles. The third-order valence-corrected chi connectivity index (χ3v) is 2.58. The summed E-state index contributed by atoms with van der Waals surface area (Å²) in [4.78, 5) is 11.1. The largest absolute Gasteiger partial charge is 0.396 e. The Bertz CT molecular complexity index is 394. The van der Waals surface area contributed by atoms with Crippen molar-refractivity contribution in [1.29, 1.82) is 0 Å². The van der Waals surface area contributed by atoms with Gasteiger partial charge in [0.2, 0.25) is 0 Å². The number of para-hydroxylation sites is 1. The monoisotopic (exact) mass is 251 g/mol. The van der Waals surface area contributed by atoms with Crippen LogP contribution in [-0.4, -0.2) is 25.7 Å². The van der Waals surface area contributed by atoms with E-state index in [4.69, 9.17) is 16.2 Å². The summed E-state index contributed by atoms with van der Waals surface area (Å²) < 4.78 is 5.42. The zero-order valence-electron chi connectivity index (χ0n) is 10.7. The molecule has 1 aromatic carbocycles. The Morgan fingerprint density at radius 2 is 2.17 bits per heavy atom. The number of nitrogens with two attached hydrogens (primary N) is 2. The average molecular weight is 251 g/mol. The van der Waals surface area contributed by atoms with E-state index >= 15 is 0 Å². The van der Waals surface area contributed by atoms with Crippen LogP contribution in [0, 0.1) is 0 Å². The van der Waals surface area contributed by atoms with Crippen molar-refractivity contribution < 1.29 is 9.53 Å². The van der Waals surface area contributed by atoms with Crippen molar-refractivity contribution in [1.82, 2.24) is 0 Å². The predicted molar refractivity (Wildman–Crippen MR) is 73.6 cm³/mol. The Labute approximate surface area is 107 Å². The summed E-state index contributed by atoms with van der Waals surface area (Å²) in [6, 6.07) is 5.17. The summed E-state index contributed by atoms with van der Waals surface area (Å²) in [5.41, 5.74) is 12.5. The highest BCUT2D eigenvalue weighted by molar-refractivity contribution is 6.00. The van der Waals surface area contributed by atoms with Gasteiger partial charge in [0.05, 0.1) is 23.5 Å². The summed E-state index contributed by atoms with van der Waals surface area (Å²) >= 11 is 0. The molecule has 0 spiro atoms. The number of anilines is 2. The van der Waals surface area contributed by atoms with Crippen molar-refractivity contribution in [2.45, 2.75) is 19.8 Å². The second-order valence-corrected chi connectivity index (χ2v) is 4.02. The molecular weight excluding hydrogens is 230 g/mol. The molecular formula is C13H21N3O2. The Balaban J connectivity index is 2.43. The third kappa shape index (κ3) is 4.25. The molecule has 100 valence electrons. The van der Waals surface area contributed by atoms with E-state index in [1.807, 2.05) is 6.07 Å². The molecule has 0 aromatic heterocycles. The highest BCUT2D eigenvalue weighted by atomic mass is 16.5. The lowest BCUT2D eigenvalue weighted by molar-refractivity contribution is 0.100. The molecule has 0 aliphatic heterocycles. The number of unbranched alkanes of at least 4 members (excludes halogenated alkanes) is 1. The van der Waals surface area contributed by atoms with Crippen LogP contribution in [0.5, 0.6) is 0 Å².